The second-order valence-corrected chi connectivity index (χ2v) is 3.36. The molecule has 0 atom stereocenters. The minimum atomic E-state index is -5.43. The standard InChI is InChI=1S/C9H4ClF7/c10-3-4-1-2-5(8(12,13)14)6(7(4)11)9(15,16)17/h1-2H,3H2. The first-order chi connectivity index (χ1) is 7.59. The van der Waals surface area contributed by atoms with Gasteiger partial charge in [-0.2, -0.15) is 26.3 Å². The molecule has 1 aromatic carbocycles. The summed E-state index contributed by atoms with van der Waals surface area (Å²) in [4.78, 5) is 0. The van der Waals surface area contributed by atoms with Crippen molar-refractivity contribution in [2.45, 2.75) is 18.2 Å². The summed E-state index contributed by atoms with van der Waals surface area (Å²) >= 11 is 5.13. The first-order valence-corrected chi connectivity index (χ1v) is 4.64. The molecule has 0 radical (unpaired) electrons. The summed E-state index contributed by atoms with van der Waals surface area (Å²) in [5.41, 5.74) is -5.02. The van der Waals surface area contributed by atoms with Crippen LogP contribution < -0.4 is 0 Å². The zero-order valence-electron chi connectivity index (χ0n) is 7.89. The zero-order valence-corrected chi connectivity index (χ0v) is 8.64. The van der Waals surface area contributed by atoms with Gasteiger partial charge in [0.1, 0.15) is 11.4 Å². The highest BCUT2D eigenvalue weighted by Crippen LogP contribution is 2.42. The van der Waals surface area contributed by atoms with E-state index < -0.39 is 40.7 Å². The van der Waals surface area contributed by atoms with Crippen LogP contribution in [0, 0.1) is 5.82 Å². The van der Waals surface area contributed by atoms with E-state index >= 15 is 0 Å². The van der Waals surface area contributed by atoms with Crippen LogP contribution in [0.25, 0.3) is 0 Å². The molecule has 0 N–H and O–H groups in total. The predicted octanol–water partition coefficient (Wildman–Crippen LogP) is 4.60. The molecule has 0 spiro atoms. The monoisotopic (exact) mass is 280 g/mol. The van der Waals surface area contributed by atoms with Crippen molar-refractivity contribution in [2.75, 3.05) is 0 Å². The summed E-state index contributed by atoms with van der Waals surface area (Å²) in [6.07, 6.45) is -10.7. The molecule has 8 heteroatoms. The molecular formula is C9H4ClF7. The fourth-order valence-electron chi connectivity index (χ4n) is 1.24. The van der Waals surface area contributed by atoms with E-state index in [1.54, 1.807) is 0 Å². The number of rotatable bonds is 1. The van der Waals surface area contributed by atoms with E-state index in [1.807, 2.05) is 0 Å². The fourth-order valence-corrected chi connectivity index (χ4v) is 1.44. The van der Waals surface area contributed by atoms with Gasteiger partial charge in [0.2, 0.25) is 0 Å². The van der Waals surface area contributed by atoms with E-state index in [-0.39, 0.29) is 6.07 Å². The highest BCUT2D eigenvalue weighted by atomic mass is 35.5. The maximum atomic E-state index is 13.3. The molecule has 0 aliphatic heterocycles. The van der Waals surface area contributed by atoms with Gasteiger partial charge in [-0.15, -0.1) is 11.6 Å². The highest BCUT2D eigenvalue weighted by molar-refractivity contribution is 6.17. The van der Waals surface area contributed by atoms with Gasteiger partial charge in [0, 0.05) is 5.56 Å². The topological polar surface area (TPSA) is 0 Å². The minimum Gasteiger partial charge on any atom is -0.206 e. The Bertz CT molecular complexity index is 419. The van der Waals surface area contributed by atoms with E-state index in [2.05, 4.69) is 0 Å². The van der Waals surface area contributed by atoms with Crippen molar-refractivity contribution in [1.82, 2.24) is 0 Å². The molecule has 0 bridgehead atoms. The van der Waals surface area contributed by atoms with Crippen molar-refractivity contribution in [2.24, 2.45) is 0 Å². The molecule has 0 heterocycles. The lowest BCUT2D eigenvalue weighted by atomic mass is 10.0. The van der Waals surface area contributed by atoms with Crippen LogP contribution in [0.5, 0.6) is 0 Å². The van der Waals surface area contributed by atoms with Gasteiger partial charge in [0.25, 0.3) is 0 Å². The second-order valence-electron chi connectivity index (χ2n) is 3.09. The van der Waals surface area contributed by atoms with Gasteiger partial charge >= 0.3 is 12.4 Å². The fraction of sp³-hybridized carbons (Fsp3) is 0.333. The summed E-state index contributed by atoms with van der Waals surface area (Å²) in [6, 6.07) is 0.754. The second kappa shape index (κ2) is 4.36. The molecule has 0 nitrogen and oxygen atoms in total. The third-order valence-electron chi connectivity index (χ3n) is 1.95. The van der Waals surface area contributed by atoms with Crippen LogP contribution in [-0.2, 0) is 18.2 Å². The van der Waals surface area contributed by atoms with Gasteiger partial charge in [-0.25, -0.2) is 4.39 Å². The van der Waals surface area contributed by atoms with Crippen molar-refractivity contribution in [1.29, 1.82) is 0 Å². The highest BCUT2D eigenvalue weighted by Gasteiger charge is 2.45. The molecular weight excluding hydrogens is 277 g/mol. The van der Waals surface area contributed by atoms with Gasteiger partial charge in [-0.05, 0) is 6.07 Å². The largest absolute Gasteiger partial charge is 0.419 e. The molecule has 1 rings (SSSR count). The smallest absolute Gasteiger partial charge is 0.206 e. The Morgan fingerprint density at radius 3 is 1.82 bits per heavy atom. The predicted molar refractivity (Wildman–Crippen MR) is 46.0 cm³/mol. The number of hydrogen-bond acceptors (Lipinski definition) is 0. The minimum absolute atomic E-state index is 0.170. The van der Waals surface area contributed by atoms with Crippen LogP contribution in [0.4, 0.5) is 30.7 Å². The molecule has 0 unspecified atom stereocenters. The normalized spacial score (nSPS) is 12.9. The summed E-state index contributed by atoms with van der Waals surface area (Å²) in [6.45, 7) is 0. The zero-order chi connectivity index (χ0) is 13.4. The van der Waals surface area contributed by atoms with Crippen molar-refractivity contribution >= 4 is 11.6 Å². The average Bonchev–Trinajstić information content (AvgIpc) is 2.13. The average molecular weight is 281 g/mol. The van der Waals surface area contributed by atoms with Crippen LogP contribution >= 0.6 is 11.6 Å². The number of alkyl halides is 7. The Morgan fingerprint density at radius 2 is 1.47 bits per heavy atom. The Hall–Kier alpha value is -0.980. The molecule has 0 amide bonds. The van der Waals surface area contributed by atoms with Gasteiger partial charge in [-0.1, -0.05) is 6.07 Å². The van der Waals surface area contributed by atoms with E-state index in [0.717, 1.165) is 0 Å². The Kier molecular flexibility index (Phi) is 3.61. The summed E-state index contributed by atoms with van der Waals surface area (Å²) in [7, 11) is 0. The van der Waals surface area contributed by atoms with Gasteiger partial charge < -0.3 is 0 Å². The Morgan fingerprint density at radius 1 is 0.941 bits per heavy atom. The molecule has 0 fully saturated rings. The van der Waals surface area contributed by atoms with Gasteiger partial charge in [-0.3, -0.25) is 0 Å². The van der Waals surface area contributed by atoms with Crippen LogP contribution in [0.15, 0.2) is 12.1 Å². The Labute approximate surface area is 96.0 Å². The molecule has 0 saturated heterocycles. The maximum Gasteiger partial charge on any atom is 0.419 e. The molecule has 0 aliphatic carbocycles. The van der Waals surface area contributed by atoms with E-state index in [9.17, 15) is 30.7 Å². The molecule has 0 aliphatic rings. The molecule has 1 aromatic rings. The van der Waals surface area contributed by atoms with Crippen molar-refractivity contribution in [3.63, 3.8) is 0 Å². The lowest BCUT2D eigenvalue weighted by molar-refractivity contribution is -0.163. The van der Waals surface area contributed by atoms with Gasteiger partial charge in [0.05, 0.1) is 11.4 Å². The van der Waals surface area contributed by atoms with E-state index in [1.165, 1.54) is 0 Å². The Balaban J connectivity index is 3.59. The first-order valence-electron chi connectivity index (χ1n) is 4.10. The van der Waals surface area contributed by atoms with Gasteiger partial charge in [0.15, 0.2) is 0 Å². The van der Waals surface area contributed by atoms with Crippen LogP contribution in [0.2, 0.25) is 0 Å². The first kappa shape index (κ1) is 14.1. The third-order valence-corrected chi connectivity index (χ3v) is 2.24. The van der Waals surface area contributed by atoms with E-state index in [4.69, 9.17) is 11.6 Å². The quantitative estimate of drug-likeness (QED) is 0.521. The summed E-state index contributed by atoms with van der Waals surface area (Å²) < 4.78 is 87.3. The van der Waals surface area contributed by atoms with Crippen molar-refractivity contribution < 1.29 is 30.7 Å². The molecule has 96 valence electrons. The third kappa shape index (κ3) is 2.83. The van der Waals surface area contributed by atoms with Crippen LogP contribution in [0.3, 0.4) is 0 Å². The summed E-state index contributed by atoms with van der Waals surface area (Å²) in [5.74, 6) is -2.63. The molecule has 0 saturated carbocycles. The maximum absolute atomic E-state index is 13.3. The van der Waals surface area contributed by atoms with Crippen LogP contribution in [-0.4, -0.2) is 0 Å². The number of hydrogen-bond donors (Lipinski definition) is 0. The van der Waals surface area contributed by atoms with E-state index in [0.29, 0.717) is 6.07 Å². The summed E-state index contributed by atoms with van der Waals surface area (Å²) in [5, 5.41) is 0. The SMILES string of the molecule is Fc1c(CCl)ccc(C(F)(F)F)c1C(F)(F)F. The van der Waals surface area contributed by atoms with Crippen molar-refractivity contribution in [3.8, 4) is 0 Å². The lowest BCUT2D eigenvalue weighted by Crippen LogP contribution is -2.19. The number of halogens is 8. The molecule has 0 aromatic heterocycles. The lowest BCUT2D eigenvalue weighted by Gasteiger charge is -2.17. The molecule has 17 heavy (non-hydrogen) atoms. The number of benzene rings is 1. The van der Waals surface area contributed by atoms with Crippen molar-refractivity contribution in [3.05, 3.63) is 34.6 Å². The van der Waals surface area contributed by atoms with Crippen LogP contribution in [0.1, 0.15) is 16.7 Å².